The minimum Gasteiger partial charge on any atom is -0.469 e. The molecule has 1 unspecified atom stereocenters. The van der Waals surface area contributed by atoms with Crippen LogP contribution in [0.25, 0.3) is 10.8 Å². The van der Waals surface area contributed by atoms with Gasteiger partial charge in [0, 0.05) is 12.0 Å². The Labute approximate surface area is 216 Å². The van der Waals surface area contributed by atoms with E-state index in [1.165, 1.54) is 7.11 Å². The quantitative estimate of drug-likeness (QED) is 0.270. The van der Waals surface area contributed by atoms with Crippen LogP contribution in [0.5, 0.6) is 11.5 Å². The fourth-order valence-corrected chi connectivity index (χ4v) is 4.33. The zero-order valence-corrected chi connectivity index (χ0v) is 20.9. The Kier molecular flexibility index (Phi) is 8.17. The number of nitrogens with one attached hydrogen (secondary N) is 1. The SMILES string of the molecule is COC(=O)CCCc1ccc(Oc2ccccc2C#N)cc1C(=O)NC(C)c1cccc2ccccc12. The third-order valence-electron chi connectivity index (χ3n) is 6.25. The van der Waals surface area contributed by atoms with E-state index in [1.807, 2.05) is 55.5 Å². The average Bonchev–Trinajstić information content (AvgIpc) is 2.93. The molecule has 0 radical (unpaired) electrons. The standard InChI is InChI=1S/C31H28N2O4/c1-21(26-14-7-11-22-9-3-5-13-27(22)26)33-31(35)28-19-25(37-29-15-6-4-10-24(29)20-32)18-17-23(28)12-8-16-30(34)36-2/h3-7,9-11,13-15,17-19,21H,8,12,16H2,1-2H3,(H,33,35). The van der Waals surface area contributed by atoms with Crippen LogP contribution in [0, 0.1) is 11.3 Å². The summed E-state index contributed by atoms with van der Waals surface area (Å²) in [7, 11) is 1.36. The molecule has 6 nitrogen and oxygen atoms in total. The molecular weight excluding hydrogens is 464 g/mol. The Morgan fingerprint density at radius 3 is 2.54 bits per heavy atom. The van der Waals surface area contributed by atoms with Crippen LogP contribution in [0.1, 0.15) is 52.9 Å². The molecule has 0 bridgehead atoms. The van der Waals surface area contributed by atoms with Gasteiger partial charge in [-0.15, -0.1) is 0 Å². The van der Waals surface area contributed by atoms with Crippen molar-refractivity contribution in [3.63, 3.8) is 0 Å². The molecule has 0 heterocycles. The summed E-state index contributed by atoms with van der Waals surface area (Å²) in [6, 6.07) is 28.2. The summed E-state index contributed by atoms with van der Waals surface area (Å²) in [6.07, 6.45) is 1.33. The summed E-state index contributed by atoms with van der Waals surface area (Å²) in [5, 5.41) is 14.7. The van der Waals surface area contributed by atoms with Gasteiger partial charge in [-0.3, -0.25) is 9.59 Å². The number of ether oxygens (including phenoxy) is 2. The van der Waals surface area contributed by atoms with Crippen molar-refractivity contribution in [1.82, 2.24) is 5.32 Å². The zero-order chi connectivity index (χ0) is 26.2. The highest BCUT2D eigenvalue weighted by Crippen LogP contribution is 2.29. The van der Waals surface area contributed by atoms with Crippen molar-refractivity contribution in [3.05, 3.63) is 107 Å². The molecule has 0 saturated carbocycles. The molecule has 0 aliphatic rings. The second kappa shape index (κ2) is 11.9. The number of benzene rings is 4. The highest BCUT2D eigenvalue weighted by molar-refractivity contribution is 5.97. The monoisotopic (exact) mass is 492 g/mol. The highest BCUT2D eigenvalue weighted by atomic mass is 16.5. The number of nitriles is 1. The summed E-state index contributed by atoms with van der Waals surface area (Å²) in [5.74, 6) is 0.331. The number of fused-ring (bicyclic) bond motifs is 1. The Bertz CT molecular complexity index is 1470. The van der Waals surface area contributed by atoms with Gasteiger partial charge in [0.25, 0.3) is 5.91 Å². The summed E-state index contributed by atoms with van der Waals surface area (Å²) in [4.78, 5) is 25.2. The van der Waals surface area contributed by atoms with E-state index >= 15 is 0 Å². The number of esters is 1. The van der Waals surface area contributed by atoms with Gasteiger partial charge >= 0.3 is 5.97 Å². The van der Waals surface area contributed by atoms with Gasteiger partial charge in [0.15, 0.2) is 0 Å². The van der Waals surface area contributed by atoms with E-state index in [1.54, 1.807) is 36.4 Å². The smallest absolute Gasteiger partial charge is 0.305 e. The molecule has 0 saturated heterocycles. The normalized spacial score (nSPS) is 11.4. The fourth-order valence-electron chi connectivity index (χ4n) is 4.33. The maximum absolute atomic E-state index is 13.6. The van der Waals surface area contributed by atoms with Gasteiger partial charge < -0.3 is 14.8 Å². The molecule has 37 heavy (non-hydrogen) atoms. The maximum Gasteiger partial charge on any atom is 0.305 e. The number of methoxy groups -OCH3 is 1. The van der Waals surface area contributed by atoms with Crippen LogP contribution in [-0.2, 0) is 16.0 Å². The Balaban J connectivity index is 1.62. The number of para-hydroxylation sites is 1. The lowest BCUT2D eigenvalue weighted by atomic mass is 9.98. The molecule has 0 aliphatic carbocycles. The Morgan fingerprint density at radius 2 is 1.73 bits per heavy atom. The summed E-state index contributed by atoms with van der Waals surface area (Å²) < 4.78 is 10.7. The molecule has 1 N–H and O–H groups in total. The first-order chi connectivity index (χ1) is 18.0. The van der Waals surface area contributed by atoms with Gasteiger partial charge in [0.1, 0.15) is 17.6 Å². The lowest BCUT2D eigenvalue weighted by molar-refractivity contribution is -0.140. The van der Waals surface area contributed by atoms with E-state index < -0.39 is 0 Å². The fraction of sp³-hybridized carbons (Fsp3) is 0.194. The number of hydrogen-bond donors (Lipinski definition) is 1. The number of amides is 1. The first-order valence-corrected chi connectivity index (χ1v) is 12.2. The largest absolute Gasteiger partial charge is 0.469 e. The van der Waals surface area contributed by atoms with Crippen molar-refractivity contribution in [2.24, 2.45) is 0 Å². The van der Waals surface area contributed by atoms with Crippen molar-refractivity contribution < 1.29 is 19.1 Å². The summed E-state index contributed by atoms with van der Waals surface area (Å²) >= 11 is 0. The molecule has 0 aromatic heterocycles. The molecular formula is C31H28N2O4. The minimum absolute atomic E-state index is 0.243. The van der Waals surface area contributed by atoms with E-state index in [2.05, 4.69) is 11.4 Å². The first-order valence-electron chi connectivity index (χ1n) is 12.2. The third kappa shape index (κ3) is 6.14. The van der Waals surface area contributed by atoms with Crippen molar-refractivity contribution in [3.8, 4) is 17.6 Å². The van der Waals surface area contributed by atoms with Gasteiger partial charge in [-0.1, -0.05) is 60.7 Å². The lowest BCUT2D eigenvalue weighted by Gasteiger charge is -2.19. The topological polar surface area (TPSA) is 88.4 Å². The van der Waals surface area contributed by atoms with E-state index in [4.69, 9.17) is 9.47 Å². The Hall–Kier alpha value is -4.63. The molecule has 1 amide bonds. The molecule has 6 heteroatoms. The van der Waals surface area contributed by atoms with E-state index in [9.17, 15) is 14.9 Å². The number of carbonyl (C=O) groups excluding carboxylic acids is 2. The minimum atomic E-state index is -0.288. The van der Waals surface area contributed by atoms with E-state index in [-0.39, 0.29) is 24.3 Å². The number of aryl methyl sites for hydroxylation is 1. The van der Waals surface area contributed by atoms with Crippen LogP contribution in [0.15, 0.2) is 84.9 Å². The van der Waals surface area contributed by atoms with Crippen LogP contribution < -0.4 is 10.1 Å². The first kappa shape index (κ1) is 25.5. The molecule has 1 atom stereocenters. The predicted molar refractivity (Wildman–Crippen MR) is 142 cm³/mol. The third-order valence-corrected chi connectivity index (χ3v) is 6.25. The van der Waals surface area contributed by atoms with Crippen LogP contribution in [0.3, 0.4) is 0 Å². The van der Waals surface area contributed by atoms with Gasteiger partial charge in [-0.05, 0) is 65.9 Å². The van der Waals surface area contributed by atoms with Crippen LogP contribution in [0.4, 0.5) is 0 Å². The molecule has 4 aromatic rings. The number of rotatable bonds is 9. The van der Waals surface area contributed by atoms with Gasteiger partial charge in [0.05, 0.1) is 18.7 Å². The highest BCUT2D eigenvalue weighted by Gasteiger charge is 2.18. The van der Waals surface area contributed by atoms with Crippen molar-refractivity contribution in [2.45, 2.75) is 32.2 Å². The number of carbonyl (C=O) groups is 2. The number of hydrogen-bond acceptors (Lipinski definition) is 5. The molecule has 0 fully saturated rings. The second-order valence-corrected chi connectivity index (χ2v) is 8.72. The van der Waals surface area contributed by atoms with Crippen molar-refractivity contribution in [2.75, 3.05) is 7.11 Å². The van der Waals surface area contributed by atoms with Gasteiger partial charge in [-0.2, -0.15) is 5.26 Å². The van der Waals surface area contributed by atoms with Crippen LogP contribution in [-0.4, -0.2) is 19.0 Å². The zero-order valence-electron chi connectivity index (χ0n) is 20.9. The van der Waals surface area contributed by atoms with Gasteiger partial charge in [0.2, 0.25) is 0 Å². The van der Waals surface area contributed by atoms with E-state index in [0.717, 1.165) is 21.9 Å². The average molecular weight is 493 g/mol. The molecule has 4 aromatic carbocycles. The van der Waals surface area contributed by atoms with Crippen LogP contribution >= 0.6 is 0 Å². The van der Waals surface area contributed by atoms with E-state index in [0.29, 0.717) is 35.5 Å². The second-order valence-electron chi connectivity index (χ2n) is 8.72. The summed E-state index contributed by atoms with van der Waals surface area (Å²) in [6.45, 7) is 1.96. The lowest BCUT2D eigenvalue weighted by Crippen LogP contribution is -2.27. The van der Waals surface area contributed by atoms with Crippen LogP contribution in [0.2, 0.25) is 0 Å². The molecule has 4 rings (SSSR count). The summed E-state index contributed by atoms with van der Waals surface area (Å²) in [5.41, 5.74) is 2.69. The Morgan fingerprint density at radius 1 is 0.973 bits per heavy atom. The predicted octanol–water partition coefficient (Wildman–Crippen LogP) is 6.49. The maximum atomic E-state index is 13.6. The van der Waals surface area contributed by atoms with Crippen molar-refractivity contribution in [1.29, 1.82) is 5.26 Å². The van der Waals surface area contributed by atoms with Crippen molar-refractivity contribution >= 4 is 22.6 Å². The van der Waals surface area contributed by atoms with Gasteiger partial charge in [-0.25, -0.2) is 0 Å². The molecule has 0 spiro atoms. The number of nitrogens with zero attached hydrogens (tertiary/aromatic N) is 1. The molecule has 186 valence electrons. The molecule has 0 aliphatic heterocycles.